The highest BCUT2D eigenvalue weighted by atomic mass is 127. The summed E-state index contributed by atoms with van der Waals surface area (Å²) in [6, 6.07) is 14.9. The third-order valence-corrected chi connectivity index (χ3v) is 4.17. The Kier molecular flexibility index (Phi) is 5.62. The summed E-state index contributed by atoms with van der Waals surface area (Å²) in [5.74, 6) is 0.215. The Morgan fingerprint density at radius 3 is 2.43 bits per heavy atom. The first kappa shape index (κ1) is 17.7. The number of nitrogens with zero attached hydrogens (tertiary/aromatic N) is 1. The van der Waals surface area contributed by atoms with E-state index in [9.17, 15) is 4.39 Å². The first-order valence-electron chi connectivity index (χ1n) is 7.48. The molecule has 5 heteroatoms. The van der Waals surface area contributed by atoms with E-state index >= 15 is 0 Å². The lowest BCUT2D eigenvalue weighted by molar-refractivity contribution is 0.573. The average Bonchev–Trinajstić information content (AvgIpc) is 3.29. The van der Waals surface area contributed by atoms with Crippen molar-refractivity contribution in [2.45, 2.75) is 25.2 Å². The van der Waals surface area contributed by atoms with Crippen LogP contribution in [0.15, 0.2) is 53.5 Å². The molecule has 0 atom stereocenters. The highest BCUT2D eigenvalue weighted by molar-refractivity contribution is 14.0. The third-order valence-electron chi connectivity index (χ3n) is 4.17. The van der Waals surface area contributed by atoms with Crippen LogP contribution < -0.4 is 11.1 Å². The second-order valence-corrected chi connectivity index (χ2v) is 5.95. The number of rotatable bonds is 4. The van der Waals surface area contributed by atoms with Gasteiger partial charge >= 0.3 is 0 Å². The van der Waals surface area contributed by atoms with Crippen LogP contribution in [0.25, 0.3) is 0 Å². The van der Waals surface area contributed by atoms with Gasteiger partial charge in [-0.25, -0.2) is 4.39 Å². The van der Waals surface area contributed by atoms with Gasteiger partial charge in [0.2, 0.25) is 0 Å². The molecule has 0 radical (unpaired) electrons. The molecule has 2 aromatic rings. The van der Waals surface area contributed by atoms with E-state index in [4.69, 9.17) is 5.73 Å². The van der Waals surface area contributed by atoms with Crippen molar-refractivity contribution in [3.63, 3.8) is 0 Å². The largest absolute Gasteiger partial charge is 0.370 e. The molecule has 1 saturated carbocycles. The van der Waals surface area contributed by atoms with Crippen LogP contribution in [0.4, 0.5) is 10.1 Å². The fraction of sp³-hybridized carbons (Fsp3) is 0.278. The van der Waals surface area contributed by atoms with Crippen LogP contribution >= 0.6 is 24.0 Å². The summed E-state index contributed by atoms with van der Waals surface area (Å²) in [6.07, 6.45) is 1.91. The van der Waals surface area contributed by atoms with Crippen LogP contribution in [-0.2, 0) is 5.41 Å². The first-order chi connectivity index (χ1) is 10.6. The number of hydrogen-bond donors (Lipinski definition) is 2. The Morgan fingerprint density at radius 2 is 1.83 bits per heavy atom. The SMILES string of the molecule is Cc1ccc(NC(N)=NCC2(c3ccccc3F)CC2)cc1.I. The highest BCUT2D eigenvalue weighted by Gasteiger charge is 2.45. The molecule has 1 aliphatic carbocycles. The van der Waals surface area contributed by atoms with E-state index in [0.29, 0.717) is 12.5 Å². The minimum absolute atomic E-state index is 0. The average molecular weight is 425 g/mol. The number of halogens is 2. The topological polar surface area (TPSA) is 50.4 Å². The summed E-state index contributed by atoms with van der Waals surface area (Å²) < 4.78 is 13.9. The summed E-state index contributed by atoms with van der Waals surface area (Å²) in [6.45, 7) is 2.55. The van der Waals surface area contributed by atoms with Crippen LogP contribution in [0.3, 0.4) is 0 Å². The van der Waals surface area contributed by atoms with Gasteiger partial charge in [-0.05, 0) is 43.5 Å². The maximum absolute atomic E-state index is 13.9. The molecule has 3 rings (SSSR count). The smallest absolute Gasteiger partial charge is 0.193 e. The van der Waals surface area contributed by atoms with Gasteiger partial charge in [0.1, 0.15) is 5.82 Å². The number of guanidine groups is 1. The Labute approximate surface area is 153 Å². The number of aliphatic imine (C=N–C) groups is 1. The Balaban J connectivity index is 0.00000192. The molecule has 0 unspecified atom stereocenters. The zero-order valence-corrected chi connectivity index (χ0v) is 15.4. The monoisotopic (exact) mass is 425 g/mol. The molecule has 3 nitrogen and oxygen atoms in total. The zero-order chi connectivity index (χ0) is 15.6. The molecule has 0 saturated heterocycles. The molecule has 0 aliphatic heterocycles. The standard InChI is InChI=1S/C18H20FN3.HI/c1-13-6-8-14(9-7-13)22-17(20)21-12-18(10-11-18)15-4-2-3-5-16(15)19;/h2-9H,10-12H2,1H3,(H3,20,21,22);1H. The lowest BCUT2D eigenvalue weighted by atomic mass is 9.95. The molecule has 0 bridgehead atoms. The van der Waals surface area contributed by atoms with Gasteiger partial charge in [0.25, 0.3) is 0 Å². The number of nitrogens with one attached hydrogen (secondary N) is 1. The molecular formula is C18H21FIN3. The number of benzene rings is 2. The van der Waals surface area contributed by atoms with E-state index in [1.54, 1.807) is 6.07 Å². The van der Waals surface area contributed by atoms with Crippen molar-refractivity contribution < 1.29 is 4.39 Å². The van der Waals surface area contributed by atoms with E-state index in [-0.39, 0.29) is 35.2 Å². The molecule has 3 N–H and O–H groups in total. The Morgan fingerprint density at radius 1 is 1.17 bits per heavy atom. The highest BCUT2D eigenvalue weighted by Crippen LogP contribution is 2.49. The summed E-state index contributed by atoms with van der Waals surface area (Å²) in [5.41, 5.74) is 8.61. The predicted molar refractivity (Wildman–Crippen MR) is 104 cm³/mol. The lowest BCUT2D eigenvalue weighted by Gasteiger charge is -2.14. The van der Waals surface area contributed by atoms with Gasteiger partial charge in [0.15, 0.2) is 5.96 Å². The van der Waals surface area contributed by atoms with Gasteiger partial charge in [-0.3, -0.25) is 4.99 Å². The molecule has 1 aliphatic rings. The second-order valence-electron chi connectivity index (χ2n) is 5.95. The molecule has 122 valence electrons. The minimum Gasteiger partial charge on any atom is -0.370 e. The van der Waals surface area contributed by atoms with Crippen molar-refractivity contribution >= 4 is 35.6 Å². The number of nitrogens with two attached hydrogens (primary N) is 1. The maximum atomic E-state index is 13.9. The van der Waals surface area contributed by atoms with Crippen LogP contribution in [0.1, 0.15) is 24.0 Å². The van der Waals surface area contributed by atoms with Gasteiger partial charge in [0, 0.05) is 11.1 Å². The van der Waals surface area contributed by atoms with Gasteiger partial charge < -0.3 is 11.1 Å². The number of aryl methyl sites for hydroxylation is 1. The molecule has 0 heterocycles. The van der Waals surface area contributed by atoms with Crippen LogP contribution in [-0.4, -0.2) is 12.5 Å². The fourth-order valence-electron chi connectivity index (χ4n) is 2.62. The third kappa shape index (κ3) is 4.22. The van der Waals surface area contributed by atoms with Gasteiger partial charge in [-0.2, -0.15) is 0 Å². The van der Waals surface area contributed by atoms with Crippen molar-refractivity contribution in [2.75, 3.05) is 11.9 Å². The van der Waals surface area contributed by atoms with Crippen molar-refractivity contribution in [1.29, 1.82) is 0 Å². The summed E-state index contributed by atoms with van der Waals surface area (Å²) in [7, 11) is 0. The summed E-state index contributed by atoms with van der Waals surface area (Å²) >= 11 is 0. The van der Waals surface area contributed by atoms with Crippen LogP contribution in [0.5, 0.6) is 0 Å². The van der Waals surface area contributed by atoms with E-state index in [0.717, 1.165) is 24.1 Å². The maximum Gasteiger partial charge on any atom is 0.193 e. The normalized spacial score (nSPS) is 15.7. The second kappa shape index (κ2) is 7.29. The Bertz CT molecular complexity index is 694. The van der Waals surface area contributed by atoms with E-state index in [1.165, 1.54) is 11.6 Å². The van der Waals surface area contributed by atoms with Crippen molar-refractivity contribution in [3.8, 4) is 0 Å². The minimum atomic E-state index is -0.176. The van der Waals surface area contributed by atoms with Crippen molar-refractivity contribution in [3.05, 3.63) is 65.5 Å². The van der Waals surface area contributed by atoms with Gasteiger partial charge in [-0.15, -0.1) is 24.0 Å². The molecule has 23 heavy (non-hydrogen) atoms. The zero-order valence-electron chi connectivity index (χ0n) is 13.1. The molecule has 0 spiro atoms. The number of anilines is 1. The molecule has 0 amide bonds. The van der Waals surface area contributed by atoms with Gasteiger partial charge in [-0.1, -0.05) is 35.9 Å². The van der Waals surface area contributed by atoms with Gasteiger partial charge in [0.05, 0.1) is 6.54 Å². The number of hydrogen-bond acceptors (Lipinski definition) is 1. The van der Waals surface area contributed by atoms with E-state index in [1.807, 2.05) is 43.3 Å². The quantitative estimate of drug-likeness (QED) is 0.438. The summed E-state index contributed by atoms with van der Waals surface area (Å²) in [5, 5.41) is 3.07. The van der Waals surface area contributed by atoms with E-state index < -0.39 is 0 Å². The Hall–Kier alpha value is -1.63. The van der Waals surface area contributed by atoms with Crippen LogP contribution in [0, 0.1) is 12.7 Å². The van der Waals surface area contributed by atoms with Crippen molar-refractivity contribution in [1.82, 2.24) is 0 Å². The molecule has 1 fully saturated rings. The molecular weight excluding hydrogens is 404 g/mol. The predicted octanol–water partition coefficient (Wildman–Crippen LogP) is 4.21. The molecule has 2 aromatic carbocycles. The van der Waals surface area contributed by atoms with Crippen molar-refractivity contribution in [2.24, 2.45) is 10.7 Å². The van der Waals surface area contributed by atoms with E-state index in [2.05, 4.69) is 10.3 Å². The lowest BCUT2D eigenvalue weighted by Crippen LogP contribution is -2.25. The molecule has 0 aromatic heterocycles. The fourth-order valence-corrected chi connectivity index (χ4v) is 2.62. The summed E-state index contributed by atoms with van der Waals surface area (Å²) in [4.78, 5) is 4.41. The van der Waals surface area contributed by atoms with Crippen LogP contribution in [0.2, 0.25) is 0 Å². The first-order valence-corrected chi connectivity index (χ1v) is 7.48.